The van der Waals surface area contributed by atoms with Crippen molar-refractivity contribution in [3.63, 3.8) is 0 Å². The number of piperidine rings is 2. The Morgan fingerprint density at radius 3 is 2.13 bits per heavy atom. The highest BCUT2D eigenvalue weighted by atomic mass is 32.1. The molecule has 0 radical (unpaired) electrons. The smallest absolute Gasteiger partial charge is 0.253 e. The van der Waals surface area contributed by atoms with E-state index in [0.29, 0.717) is 13.1 Å². The van der Waals surface area contributed by atoms with Crippen molar-refractivity contribution in [3.05, 3.63) is 131 Å². The van der Waals surface area contributed by atoms with Crippen molar-refractivity contribution in [1.82, 2.24) is 24.7 Å². The van der Waals surface area contributed by atoms with Crippen LogP contribution in [0.5, 0.6) is 5.75 Å². The summed E-state index contributed by atoms with van der Waals surface area (Å²) in [7, 11) is 1.64. The van der Waals surface area contributed by atoms with E-state index >= 15 is 0 Å². The minimum atomic E-state index is -0.0971. The monoisotopic (exact) mass is 753 g/mol. The molecule has 2 saturated heterocycles. The molecule has 0 atom stereocenters. The van der Waals surface area contributed by atoms with Gasteiger partial charge in [-0.1, -0.05) is 84.4 Å². The molecule has 2 fully saturated rings. The summed E-state index contributed by atoms with van der Waals surface area (Å²) in [5.41, 5.74) is 7.43. The minimum absolute atomic E-state index is 0.0971. The molecule has 284 valence electrons. The van der Waals surface area contributed by atoms with E-state index in [4.69, 9.17) is 4.74 Å². The molecular weight excluding hydrogens is 703 g/mol. The molecule has 0 saturated carbocycles. The van der Waals surface area contributed by atoms with E-state index in [2.05, 4.69) is 45.2 Å². The number of hydrogen-bond acceptors (Lipinski definition) is 7. The van der Waals surface area contributed by atoms with Gasteiger partial charge in [-0.3, -0.25) is 9.59 Å². The first-order valence-corrected chi connectivity index (χ1v) is 20.5. The molecule has 0 bridgehead atoms. The number of ether oxygens (including phenoxy) is 1. The standard InChI is InChI=1S/C46H51N5O3S/c1-54-43-17-14-36(15-18-43)16-19-45(52)51(32-38-9-4-12-41(29-38)44-33-55-49-48-44)31-37-8-3-10-39(28-37)40-11-5-13-42(30-40)46(53)50-26-22-35(23-27-50)7-2-6-34-20-24-47-25-21-34/h3-5,8-19,28-30,33-35,47H,2,6-7,20-27,31-32H2,1H3. The number of likely N-dealkylation sites (tertiary alicyclic amines) is 1. The summed E-state index contributed by atoms with van der Waals surface area (Å²) in [6, 6.07) is 32.0. The van der Waals surface area contributed by atoms with Gasteiger partial charge >= 0.3 is 0 Å². The van der Waals surface area contributed by atoms with E-state index in [1.54, 1.807) is 13.2 Å². The van der Waals surface area contributed by atoms with E-state index < -0.39 is 0 Å². The zero-order valence-corrected chi connectivity index (χ0v) is 32.6. The summed E-state index contributed by atoms with van der Waals surface area (Å²) in [4.78, 5) is 31.5. The van der Waals surface area contributed by atoms with Crippen LogP contribution in [0.15, 0.2) is 109 Å². The first-order valence-electron chi connectivity index (χ1n) is 19.7. The number of carbonyl (C=O) groups is 2. The number of hydrogen-bond donors (Lipinski definition) is 1. The normalized spacial score (nSPS) is 15.3. The molecule has 0 spiro atoms. The van der Waals surface area contributed by atoms with E-state index in [0.717, 1.165) is 88.2 Å². The predicted octanol–water partition coefficient (Wildman–Crippen LogP) is 9.15. The number of nitrogens with zero attached hydrogens (tertiary/aromatic N) is 4. The van der Waals surface area contributed by atoms with Crippen LogP contribution in [0.1, 0.15) is 72.0 Å². The second kappa shape index (κ2) is 19.0. The van der Waals surface area contributed by atoms with E-state index in [-0.39, 0.29) is 11.8 Å². The van der Waals surface area contributed by atoms with Crippen molar-refractivity contribution in [2.45, 2.75) is 58.0 Å². The Kier molecular flexibility index (Phi) is 13.2. The zero-order valence-electron chi connectivity index (χ0n) is 31.7. The quantitative estimate of drug-likeness (QED) is 0.114. The topological polar surface area (TPSA) is 87.7 Å². The van der Waals surface area contributed by atoms with Crippen molar-refractivity contribution in [3.8, 4) is 28.1 Å². The fraction of sp³-hybridized carbons (Fsp3) is 0.348. The molecule has 4 aromatic carbocycles. The molecule has 1 aromatic heterocycles. The van der Waals surface area contributed by atoms with Gasteiger partial charge in [-0.25, -0.2) is 0 Å². The number of nitrogens with one attached hydrogen (secondary N) is 1. The summed E-state index contributed by atoms with van der Waals surface area (Å²) in [5.74, 6) is 2.40. The van der Waals surface area contributed by atoms with Gasteiger partial charge in [0.05, 0.1) is 7.11 Å². The molecular formula is C46H51N5O3S. The van der Waals surface area contributed by atoms with Crippen LogP contribution in [0.3, 0.4) is 0 Å². The second-order valence-corrected chi connectivity index (χ2v) is 15.5. The highest BCUT2D eigenvalue weighted by Gasteiger charge is 2.24. The maximum absolute atomic E-state index is 13.9. The summed E-state index contributed by atoms with van der Waals surface area (Å²) < 4.78 is 9.31. The lowest BCUT2D eigenvalue weighted by Gasteiger charge is -2.32. The summed E-state index contributed by atoms with van der Waals surface area (Å²) in [5, 5.41) is 9.63. The van der Waals surface area contributed by atoms with Crippen molar-refractivity contribution in [2.24, 2.45) is 11.8 Å². The fourth-order valence-electron chi connectivity index (χ4n) is 7.91. The molecule has 2 amide bonds. The lowest BCUT2D eigenvalue weighted by molar-refractivity contribution is -0.127. The van der Waals surface area contributed by atoms with Crippen molar-refractivity contribution in [1.29, 1.82) is 0 Å². The lowest BCUT2D eigenvalue weighted by Crippen LogP contribution is -2.38. The van der Waals surface area contributed by atoms with Gasteiger partial charge in [0.2, 0.25) is 5.91 Å². The maximum Gasteiger partial charge on any atom is 0.253 e. The Balaban J connectivity index is 1.02. The molecule has 1 N–H and O–H groups in total. The lowest BCUT2D eigenvalue weighted by atomic mass is 9.87. The predicted molar refractivity (Wildman–Crippen MR) is 222 cm³/mol. The van der Waals surface area contributed by atoms with E-state index in [1.807, 2.05) is 88.0 Å². The summed E-state index contributed by atoms with van der Waals surface area (Å²) in [6.07, 6.45) is 12.3. The Morgan fingerprint density at radius 2 is 1.45 bits per heavy atom. The third kappa shape index (κ3) is 10.6. The molecule has 8 nitrogen and oxygen atoms in total. The third-order valence-electron chi connectivity index (χ3n) is 11.1. The van der Waals surface area contributed by atoms with Crippen LogP contribution in [0, 0.1) is 11.8 Å². The van der Waals surface area contributed by atoms with Crippen molar-refractivity contribution < 1.29 is 14.3 Å². The Labute approximate surface area is 329 Å². The van der Waals surface area contributed by atoms with Crippen molar-refractivity contribution in [2.75, 3.05) is 33.3 Å². The van der Waals surface area contributed by atoms with Crippen LogP contribution in [-0.4, -0.2) is 64.5 Å². The van der Waals surface area contributed by atoms with Gasteiger partial charge in [0.15, 0.2) is 0 Å². The van der Waals surface area contributed by atoms with Crippen LogP contribution in [0.4, 0.5) is 0 Å². The first kappa shape index (κ1) is 38.2. The van der Waals surface area contributed by atoms with Gasteiger partial charge < -0.3 is 19.9 Å². The number of carbonyl (C=O) groups excluding carboxylic acids is 2. The first-order chi connectivity index (χ1) is 27.0. The van der Waals surface area contributed by atoms with Gasteiger partial charge in [-0.2, -0.15) is 0 Å². The van der Waals surface area contributed by atoms with Gasteiger partial charge in [0.25, 0.3) is 5.91 Å². The van der Waals surface area contributed by atoms with Crippen molar-refractivity contribution >= 4 is 29.4 Å². The molecule has 2 aliphatic heterocycles. The molecule has 5 aromatic rings. The van der Waals surface area contributed by atoms with Gasteiger partial charge in [-0.15, -0.1) is 5.10 Å². The van der Waals surface area contributed by atoms with E-state index in [9.17, 15) is 9.59 Å². The Hall–Kier alpha value is -5.12. The zero-order chi connectivity index (χ0) is 37.8. The average Bonchev–Trinajstić information content (AvgIpc) is 3.79. The third-order valence-corrected chi connectivity index (χ3v) is 11.6. The van der Waals surface area contributed by atoms with E-state index in [1.165, 1.54) is 56.7 Å². The molecule has 2 aliphatic rings. The van der Waals surface area contributed by atoms with Crippen LogP contribution < -0.4 is 10.1 Å². The fourth-order valence-corrected chi connectivity index (χ4v) is 8.38. The number of methoxy groups -OCH3 is 1. The largest absolute Gasteiger partial charge is 0.497 e. The minimum Gasteiger partial charge on any atom is -0.497 e. The summed E-state index contributed by atoms with van der Waals surface area (Å²) in [6.45, 7) is 4.83. The number of amides is 2. The van der Waals surface area contributed by atoms with Crippen LogP contribution in [0.2, 0.25) is 0 Å². The Morgan fingerprint density at radius 1 is 0.818 bits per heavy atom. The molecule has 0 unspecified atom stereocenters. The van der Waals surface area contributed by atoms with Gasteiger partial charge in [0.1, 0.15) is 11.4 Å². The SMILES string of the molecule is COc1ccc(C=CC(=O)N(Cc2cccc(-c3cccc(C(=O)N4CCC(CCCC5CCNCC5)CC4)c3)c2)Cc2cccc(-c3csnn3)c2)cc1. The molecule has 55 heavy (non-hydrogen) atoms. The number of rotatable bonds is 14. The van der Waals surface area contributed by atoms with Crippen LogP contribution >= 0.6 is 11.5 Å². The second-order valence-electron chi connectivity index (χ2n) is 14.9. The molecule has 3 heterocycles. The van der Waals surface area contributed by atoms with Crippen LogP contribution in [0.25, 0.3) is 28.5 Å². The highest BCUT2D eigenvalue weighted by Crippen LogP contribution is 2.29. The molecule has 9 heteroatoms. The van der Waals surface area contributed by atoms with Gasteiger partial charge in [-0.05, 0) is 132 Å². The van der Waals surface area contributed by atoms with Gasteiger partial charge in [0, 0.05) is 48.8 Å². The molecule has 7 rings (SSSR count). The average molecular weight is 754 g/mol. The number of benzene rings is 4. The van der Waals surface area contributed by atoms with Crippen LogP contribution in [-0.2, 0) is 17.9 Å². The number of aromatic nitrogens is 2. The highest BCUT2D eigenvalue weighted by molar-refractivity contribution is 7.03. The maximum atomic E-state index is 13.9. The Bertz CT molecular complexity index is 2030. The molecule has 0 aliphatic carbocycles. The summed E-state index contributed by atoms with van der Waals surface area (Å²) >= 11 is 1.32.